The summed E-state index contributed by atoms with van der Waals surface area (Å²) >= 11 is 0. The van der Waals surface area contributed by atoms with Crippen LogP contribution in [0.5, 0.6) is 0 Å². The number of pyridine rings is 1. The third kappa shape index (κ3) is 5.26. The first-order valence-electron chi connectivity index (χ1n) is 9.59. The molecule has 140 valence electrons. The molecule has 1 saturated heterocycles. The standard InChI is InChI=1S/C21H29N3O2/c1-16-14-24(15-17(2)26-16)12-4-3-10-22-20(25)13-19-8-5-7-18-9-6-11-23-21(18)19/h5-9,11,16-17H,3-4,10,12-15H2,1-2H3,(H,22,25)/t16-,17+. The van der Waals surface area contributed by atoms with E-state index < -0.39 is 0 Å². The second-order valence-corrected chi connectivity index (χ2v) is 7.24. The van der Waals surface area contributed by atoms with Gasteiger partial charge in [-0.15, -0.1) is 0 Å². The van der Waals surface area contributed by atoms with Crippen molar-refractivity contribution in [3.8, 4) is 0 Å². The van der Waals surface area contributed by atoms with E-state index in [1.165, 1.54) is 0 Å². The highest BCUT2D eigenvalue weighted by Gasteiger charge is 2.21. The maximum atomic E-state index is 12.2. The van der Waals surface area contributed by atoms with Gasteiger partial charge in [-0.3, -0.25) is 14.7 Å². The fraction of sp³-hybridized carbons (Fsp3) is 0.524. The topological polar surface area (TPSA) is 54.5 Å². The minimum atomic E-state index is 0.0665. The molecule has 1 aliphatic rings. The lowest BCUT2D eigenvalue weighted by molar-refractivity contribution is -0.120. The van der Waals surface area contributed by atoms with Gasteiger partial charge in [-0.05, 0) is 44.9 Å². The number of para-hydroxylation sites is 1. The van der Waals surface area contributed by atoms with Gasteiger partial charge in [0.1, 0.15) is 0 Å². The van der Waals surface area contributed by atoms with Gasteiger partial charge in [-0.1, -0.05) is 24.3 Å². The number of amides is 1. The minimum Gasteiger partial charge on any atom is -0.373 e. The molecular formula is C21H29N3O2. The van der Waals surface area contributed by atoms with E-state index in [9.17, 15) is 4.79 Å². The van der Waals surface area contributed by atoms with Crippen molar-refractivity contribution < 1.29 is 9.53 Å². The van der Waals surface area contributed by atoms with E-state index in [-0.39, 0.29) is 5.91 Å². The Labute approximate surface area is 155 Å². The molecule has 1 aromatic heterocycles. The predicted octanol–water partition coefficient (Wildman–Crippen LogP) is 2.78. The van der Waals surface area contributed by atoms with Crippen molar-refractivity contribution in [1.82, 2.24) is 15.2 Å². The summed E-state index contributed by atoms with van der Waals surface area (Å²) in [5.74, 6) is 0.0665. The molecule has 5 nitrogen and oxygen atoms in total. The molecule has 1 aromatic carbocycles. The molecule has 0 unspecified atom stereocenters. The number of hydrogen-bond acceptors (Lipinski definition) is 4. The molecule has 0 bridgehead atoms. The van der Waals surface area contributed by atoms with E-state index in [1.54, 1.807) is 6.20 Å². The van der Waals surface area contributed by atoms with Crippen LogP contribution in [0, 0.1) is 0 Å². The summed E-state index contributed by atoms with van der Waals surface area (Å²) in [4.78, 5) is 19.1. The molecule has 5 heteroatoms. The lowest BCUT2D eigenvalue weighted by Crippen LogP contribution is -2.45. The number of nitrogens with one attached hydrogen (secondary N) is 1. The number of benzene rings is 1. The number of ether oxygens (including phenoxy) is 1. The van der Waals surface area contributed by atoms with Gasteiger partial charge in [0.05, 0.1) is 24.1 Å². The summed E-state index contributed by atoms with van der Waals surface area (Å²) in [6.45, 7) is 8.07. The third-order valence-electron chi connectivity index (χ3n) is 4.79. The number of fused-ring (bicyclic) bond motifs is 1. The van der Waals surface area contributed by atoms with Crippen LogP contribution in [-0.4, -0.2) is 54.2 Å². The van der Waals surface area contributed by atoms with Crippen LogP contribution in [0.25, 0.3) is 10.9 Å². The molecule has 0 spiro atoms. The van der Waals surface area contributed by atoms with Gasteiger partial charge in [-0.2, -0.15) is 0 Å². The number of carbonyl (C=O) groups is 1. The van der Waals surface area contributed by atoms with E-state index in [0.717, 1.165) is 55.5 Å². The third-order valence-corrected chi connectivity index (χ3v) is 4.79. The molecule has 0 radical (unpaired) electrons. The van der Waals surface area contributed by atoms with E-state index >= 15 is 0 Å². The highest BCUT2D eigenvalue weighted by Crippen LogP contribution is 2.16. The first kappa shape index (κ1) is 18.8. The molecule has 2 atom stereocenters. The quantitative estimate of drug-likeness (QED) is 0.776. The Kier molecular flexibility index (Phi) is 6.58. The van der Waals surface area contributed by atoms with Gasteiger partial charge in [0.2, 0.25) is 5.91 Å². The largest absolute Gasteiger partial charge is 0.373 e. The first-order chi connectivity index (χ1) is 12.6. The van der Waals surface area contributed by atoms with Gasteiger partial charge < -0.3 is 10.1 Å². The van der Waals surface area contributed by atoms with Crippen LogP contribution in [0.15, 0.2) is 36.5 Å². The van der Waals surface area contributed by atoms with Crippen LogP contribution >= 0.6 is 0 Å². The van der Waals surface area contributed by atoms with Gasteiger partial charge in [0.25, 0.3) is 0 Å². The summed E-state index contributed by atoms with van der Waals surface area (Å²) in [7, 11) is 0. The first-order valence-corrected chi connectivity index (χ1v) is 9.59. The SMILES string of the molecule is C[C@@H]1CN(CCCCNC(=O)Cc2cccc3cccnc23)C[C@H](C)O1. The summed E-state index contributed by atoms with van der Waals surface area (Å²) in [5, 5.41) is 4.12. The summed E-state index contributed by atoms with van der Waals surface area (Å²) < 4.78 is 5.76. The zero-order valence-electron chi connectivity index (χ0n) is 15.8. The molecule has 1 amide bonds. The fourth-order valence-electron chi connectivity index (χ4n) is 3.70. The monoisotopic (exact) mass is 355 g/mol. The normalized spacial score (nSPS) is 21.0. The lowest BCUT2D eigenvalue weighted by Gasteiger charge is -2.35. The average molecular weight is 355 g/mol. The Morgan fingerprint density at radius 1 is 1.19 bits per heavy atom. The van der Waals surface area contributed by atoms with Crippen molar-refractivity contribution in [2.24, 2.45) is 0 Å². The smallest absolute Gasteiger partial charge is 0.224 e. The minimum absolute atomic E-state index is 0.0665. The summed E-state index contributed by atoms with van der Waals surface area (Å²) in [6.07, 6.45) is 4.87. The van der Waals surface area contributed by atoms with E-state index in [2.05, 4.69) is 29.0 Å². The molecule has 1 fully saturated rings. The van der Waals surface area contributed by atoms with Crippen LogP contribution in [0.1, 0.15) is 32.3 Å². The second kappa shape index (κ2) is 9.10. The molecule has 0 aliphatic carbocycles. The summed E-state index contributed by atoms with van der Waals surface area (Å²) in [6, 6.07) is 9.93. The van der Waals surface area contributed by atoms with Crippen LogP contribution < -0.4 is 5.32 Å². The molecule has 26 heavy (non-hydrogen) atoms. The Bertz CT molecular complexity index is 719. The van der Waals surface area contributed by atoms with E-state index in [1.807, 2.05) is 30.3 Å². The predicted molar refractivity (Wildman–Crippen MR) is 104 cm³/mol. The number of nitrogens with zero attached hydrogens (tertiary/aromatic N) is 2. The average Bonchev–Trinajstić information content (AvgIpc) is 2.61. The highest BCUT2D eigenvalue weighted by atomic mass is 16.5. The van der Waals surface area contributed by atoms with Gasteiger partial charge in [0.15, 0.2) is 0 Å². The molecular weight excluding hydrogens is 326 g/mol. The van der Waals surface area contributed by atoms with Gasteiger partial charge in [-0.25, -0.2) is 0 Å². The Balaban J connectivity index is 1.38. The molecule has 2 aromatic rings. The van der Waals surface area contributed by atoms with Crippen molar-refractivity contribution in [3.05, 3.63) is 42.1 Å². The highest BCUT2D eigenvalue weighted by molar-refractivity contribution is 5.87. The van der Waals surface area contributed by atoms with Gasteiger partial charge in [0, 0.05) is 31.2 Å². The van der Waals surface area contributed by atoms with Crippen molar-refractivity contribution in [2.75, 3.05) is 26.2 Å². The Hall–Kier alpha value is -1.98. The zero-order chi connectivity index (χ0) is 18.4. The molecule has 2 heterocycles. The number of rotatable bonds is 7. The molecule has 1 N–H and O–H groups in total. The van der Waals surface area contributed by atoms with Gasteiger partial charge >= 0.3 is 0 Å². The zero-order valence-corrected chi connectivity index (χ0v) is 15.8. The Morgan fingerprint density at radius 3 is 2.77 bits per heavy atom. The fourth-order valence-corrected chi connectivity index (χ4v) is 3.70. The number of carbonyl (C=O) groups excluding carboxylic acids is 1. The maximum Gasteiger partial charge on any atom is 0.224 e. The number of unbranched alkanes of at least 4 members (excludes halogenated alkanes) is 1. The maximum absolute atomic E-state index is 12.2. The molecule has 0 saturated carbocycles. The van der Waals surface area contributed by atoms with E-state index in [0.29, 0.717) is 18.6 Å². The second-order valence-electron chi connectivity index (χ2n) is 7.24. The lowest BCUT2D eigenvalue weighted by atomic mass is 10.1. The summed E-state index contributed by atoms with van der Waals surface area (Å²) in [5.41, 5.74) is 1.90. The number of aromatic nitrogens is 1. The van der Waals surface area contributed by atoms with Crippen molar-refractivity contribution in [3.63, 3.8) is 0 Å². The van der Waals surface area contributed by atoms with Crippen LogP contribution in [0.4, 0.5) is 0 Å². The van der Waals surface area contributed by atoms with Crippen LogP contribution in [0.2, 0.25) is 0 Å². The van der Waals surface area contributed by atoms with Crippen molar-refractivity contribution >= 4 is 16.8 Å². The number of hydrogen-bond donors (Lipinski definition) is 1. The molecule has 3 rings (SSSR count). The van der Waals surface area contributed by atoms with E-state index in [4.69, 9.17) is 4.74 Å². The van der Waals surface area contributed by atoms with Crippen molar-refractivity contribution in [2.45, 2.75) is 45.3 Å². The number of morpholine rings is 1. The Morgan fingerprint density at radius 2 is 1.96 bits per heavy atom. The van der Waals surface area contributed by atoms with Crippen LogP contribution in [-0.2, 0) is 16.0 Å². The van der Waals surface area contributed by atoms with Crippen molar-refractivity contribution in [1.29, 1.82) is 0 Å². The van der Waals surface area contributed by atoms with Crippen LogP contribution in [0.3, 0.4) is 0 Å². The molecule has 1 aliphatic heterocycles.